The molecule has 0 radical (unpaired) electrons. The highest BCUT2D eigenvalue weighted by Gasteiger charge is 2.19. The Morgan fingerprint density at radius 2 is 1.94 bits per heavy atom. The second kappa shape index (κ2) is 9.14. The summed E-state index contributed by atoms with van der Waals surface area (Å²) in [5.41, 5.74) is 7.41. The predicted octanol–water partition coefficient (Wildman–Crippen LogP) is 4.24. The number of benzene rings is 2. The molecule has 3 aromatic rings. The number of aryl methyl sites for hydroxylation is 2. The van der Waals surface area contributed by atoms with E-state index in [1.807, 2.05) is 44.2 Å². The van der Waals surface area contributed by atoms with Gasteiger partial charge in [0.15, 0.2) is 5.84 Å². The summed E-state index contributed by atoms with van der Waals surface area (Å²) in [6, 6.07) is 14.1. The van der Waals surface area contributed by atoms with Crippen molar-refractivity contribution in [1.29, 1.82) is 0 Å². The zero-order valence-corrected chi connectivity index (χ0v) is 17.7. The van der Waals surface area contributed by atoms with Crippen molar-refractivity contribution < 1.29 is 18.7 Å². The minimum absolute atomic E-state index is 0.200. The van der Waals surface area contributed by atoms with Crippen LogP contribution < -0.4 is 15.0 Å². The van der Waals surface area contributed by atoms with Gasteiger partial charge < -0.3 is 9.47 Å². The van der Waals surface area contributed by atoms with E-state index in [1.54, 1.807) is 19.4 Å². The Morgan fingerprint density at radius 3 is 2.71 bits per heavy atom. The molecule has 1 N–H and O–H groups in total. The summed E-state index contributed by atoms with van der Waals surface area (Å²) in [6.07, 6.45) is 1.78. The van der Waals surface area contributed by atoms with Gasteiger partial charge in [0.1, 0.15) is 36.6 Å². The number of hydrogen-bond donors (Lipinski definition) is 1. The molecule has 0 spiro atoms. The summed E-state index contributed by atoms with van der Waals surface area (Å²) >= 11 is 0. The van der Waals surface area contributed by atoms with Gasteiger partial charge >= 0.3 is 0 Å². The number of ether oxygens (including phenoxy) is 2. The van der Waals surface area contributed by atoms with E-state index in [4.69, 9.17) is 19.3 Å². The van der Waals surface area contributed by atoms with Gasteiger partial charge in [-0.2, -0.15) is 0 Å². The molecule has 1 aliphatic heterocycles. The van der Waals surface area contributed by atoms with E-state index < -0.39 is 0 Å². The molecule has 1 aromatic heterocycles. The number of hydroxylamine groups is 1. The van der Waals surface area contributed by atoms with Crippen LogP contribution in [0.25, 0.3) is 11.1 Å². The van der Waals surface area contributed by atoms with Gasteiger partial charge in [0, 0.05) is 23.0 Å². The molecule has 4 rings (SSSR count). The van der Waals surface area contributed by atoms with E-state index in [9.17, 15) is 4.39 Å². The summed E-state index contributed by atoms with van der Waals surface area (Å²) < 4.78 is 24.7. The molecule has 31 heavy (non-hydrogen) atoms. The number of hydrogen-bond acceptors (Lipinski definition) is 6. The quantitative estimate of drug-likeness (QED) is 0.645. The molecule has 0 bridgehead atoms. The lowest BCUT2D eigenvalue weighted by molar-refractivity contribution is 0.0513. The van der Waals surface area contributed by atoms with Gasteiger partial charge in [0.05, 0.1) is 7.11 Å². The first kappa shape index (κ1) is 20.8. The maximum atomic E-state index is 13.3. The molecular weight excluding hydrogens is 397 g/mol. The van der Waals surface area contributed by atoms with Crippen LogP contribution in [0.1, 0.15) is 16.8 Å². The fourth-order valence-corrected chi connectivity index (χ4v) is 3.42. The zero-order chi connectivity index (χ0) is 21.8. The predicted molar refractivity (Wildman–Crippen MR) is 117 cm³/mol. The van der Waals surface area contributed by atoms with Crippen LogP contribution in [-0.4, -0.2) is 37.2 Å². The second-order valence-electron chi connectivity index (χ2n) is 7.37. The molecule has 2 aromatic carbocycles. The molecule has 0 amide bonds. The summed E-state index contributed by atoms with van der Waals surface area (Å²) in [4.78, 5) is 14.5. The van der Waals surface area contributed by atoms with E-state index in [2.05, 4.69) is 10.5 Å². The molecular formula is C24H24FN3O3. The Kier molecular flexibility index (Phi) is 6.13. The van der Waals surface area contributed by atoms with Gasteiger partial charge in [-0.25, -0.2) is 9.87 Å². The number of amidine groups is 1. The number of methoxy groups -OCH3 is 1. The highest BCUT2D eigenvalue weighted by molar-refractivity contribution is 5.99. The summed E-state index contributed by atoms with van der Waals surface area (Å²) in [6.45, 7) is 4.46. The fraction of sp³-hybridized carbons (Fsp3) is 0.250. The van der Waals surface area contributed by atoms with E-state index in [0.29, 0.717) is 24.8 Å². The Hall–Kier alpha value is -3.45. The van der Waals surface area contributed by atoms with Crippen molar-refractivity contribution in [3.05, 3.63) is 77.4 Å². The monoisotopic (exact) mass is 421 g/mol. The molecule has 2 heterocycles. The summed E-state index contributed by atoms with van der Waals surface area (Å²) in [5.74, 6) is 1.68. The lowest BCUT2D eigenvalue weighted by Gasteiger charge is -2.23. The smallest absolute Gasteiger partial charge is 0.153 e. The first-order valence-electron chi connectivity index (χ1n) is 9.99. The largest absolute Gasteiger partial charge is 0.496 e. The van der Waals surface area contributed by atoms with Crippen molar-refractivity contribution in [2.45, 2.75) is 19.9 Å². The molecule has 7 heteroatoms. The molecule has 6 nitrogen and oxygen atoms in total. The maximum Gasteiger partial charge on any atom is 0.153 e. The van der Waals surface area contributed by atoms with Gasteiger partial charge in [-0.15, -0.1) is 0 Å². The lowest BCUT2D eigenvalue weighted by Crippen LogP contribution is -2.38. The molecule has 0 fully saturated rings. The molecule has 1 atom stereocenters. The summed E-state index contributed by atoms with van der Waals surface area (Å²) in [7, 11) is 1.64. The van der Waals surface area contributed by atoms with Gasteiger partial charge in [-0.3, -0.25) is 14.8 Å². The second-order valence-corrected chi connectivity index (χ2v) is 7.37. The highest BCUT2D eigenvalue weighted by atomic mass is 19.1. The maximum absolute atomic E-state index is 13.3. The molecule has 0 saturated heterocycles. The lowest BCUT2D eigenvalue weighted by atomic mass is 10.0. The number of aromatic nitrogens is 1. The zero-order valence-electron chi connectivity index (χ0n) is 17.7. The third-order valence-corrected chi connectivity index (χ3v) is 5.01. The van der Waals surface area contributed by atoms with Crippen molar-refractivity contribution in [1.82, 2.24) is 10.5 Å². The Labute approximate surface area is 180 Å². The van der Waals surface area contributed by atoms with E-state index in [-0.39, 0.29) is 11.9 Å². The first-order chi connectivity index (χ1) is 15.0. The molecule has 1 aliphatic rings. The van der Waals surface area contributed by atoms with E-state index in [1.165, 1.54) is 12.1 Å². The van der Waals surface area contributed by atoms with Crippen LogP contribution in [-0.2, 0) is 4.84 Å². The number of pyridine rings is 1. The van der Waals surface area contributed by atoms with Crippen molar-refractivity contribution >= 4 is 5.84 Å². The van der Waals surface area contributed by atoms with Gasteiger partial charge in [-0.05, 0) is 67.4 Å². The van der Waals surface area contributed by atoms with Crippen LogP contribution >= 0.6 is 0 Å². The van der Waals surface area contributed by atoms with Gasteiger partial charge in [-0.1, -0.05) is 6.07 Å². The van der Waals surface area contributed by atoms with Crippen LogP contribution in [0.5, 0.6) is 11.5 Å². The first-order valence-corrected chi connectivity index (χ1v) is 9.99. The number of aliphatic imine (C=N–C) groups is 1. The van der Waals surface area contributed by atoms with Crippen molar-refractivity contribution in [2.24, 2.45) is 4.99 Å². The van der Waals surface area contributed by atoms with Crippen LogP contribution in [0.4, 0.5) is 4.39 Å². The molecule has 0 saturated carbocycles. The molecule has 160 valence electrons. The average molecular weight is 421 g/mol. The van der Waals surface area contributed by atoms with Crippen LogP contribution in [0.15, 0.2) is 59.7 Å². The van der Waals surface area contributed by atoms with E-state index in [0.717, 1.165) is 33.7 Å². The number of nitrogens with zero attached hydrogens (tertiary/aromatic N) is 2. The fourth-order valence-electron chi connectivity index (χ4n) is 3.42. The third-order valence-electron chi connectivity index (χ3n) is 5.01. The van der Waals surface area contributed by atoms with Crippen molar-refractivity contribution in [3.63, 3.8) is 0 Å². The third kappa shape index (κ3) is 4.83. The Balaban J connectivity index is 1.53. The number of rotatable bonds is 6. The SMILES string of the molecule is COc1cc(C2=N[C@@H](COc3ccc(F)cc3C)CON2)ccc1-c1ccnc(C)c1. The topological polar surface area (TPSA) is 65.0 Å². The minimum Gasteiger partial charge on any atom is -0.496 e. The van der Waals surface area contributed by atoms with Crippen molar-refractivity contribution in [2.75, 3.05) is 20.3 Å². The molecule has 0 aliphatic carbocycles. The average Bonchev–Trinajstić information content (AvgIpc) is 2.78. The Morgan fingerprint density at radius 1 is 1.06 bits per heavy atom. The number of halogens is 1. The van der Waals surface area contributed by atoms with E-state index >= 15 is 0 Å². The van der Waals surface area contributed by atoms with Crippen molar-refractivity contribution in [3.8, 4) is 22.6 Å². The highest BCUT2D eigenvalue weighted by Crippen LogP contribution is 2.31. The summed E-state index contributed by atoms with van der Waals surface area (Å²) in [5, 5.41) is 0. The van der Waals surface area contributed by atoms with Gasteiger partial charge in [0.25, 0.3) is 0 Å². The van der Waals surface area contributed by atoms with Crippen LogP contribution in [0.2, 0.25) is 0 Å². The van der Waals surface area contributed by atoms with Crippen LogP contribution in [0, 0.1) is 19.7 Å². The van der Waals surface area contributed by atoms with Gasteiger partial charge in [0.2, 0.25) is 0 Å². The standard InChI is InChI=1S/C24H24FN3O3/c1-15-10-19(25)5-7-22(15)30-13-20-14-31-28-24(27-20)18-4-6-21(23(12-18)29-3)17-8-9-26-16(2)11-17/h4-12,20H,13-14H2,1-3H3,(H,27,28)/t20-/m0/s1. The Bertz CT molecular complexity index is 1120. The minimum atomic E-state index is -0.283. The normalized spacial score (nSPS) is 15.7. The molecule has 0 unspecified atom stereocenters. The number of nitrogens with one attached hydrogen (secondary N) is 1. The van der Waals surface area contributed by atoms with Crippen LogP contribution in [0.3, 0.4) is 0 Å².